The molecule has 1 aliphatic heterocycles. The lowest BCUT2D eigenvalue weighted by Crippen LogP contribution is -2.48. The van der Waals surface area contributed by atoms with Crippen molar-refractivity contribution in [3.05, 3.63) is 46.9 Å². The molecule has 1 aliphatic rings. The molecule has 0 unspecified atom stereocenters. The number of benzene rings is 1. The molecule has 1 N–H and O–H groups in total. The van der Waals surface area contributed by atoms with E-state index in [4.69, 9.17) is 21.1 Å². The summed E-state index contributed by atoms with van der Waals surface area (Å²) in [5.74, 6) is 2.20. The summed E-state index contributed by atoms with van der Waals surface area (Å²) in [6, 6.07) is 9.32. The van der Waals surface area contributed by atoms with Crippen LogP contribution in [0.3, 0.4) is 0 Å². The van der Waals surface area contributed by atoms with Crippen LogP contribution in [-0.4, -0.2) is 67.7 Å². The molecule has 1 amide bonds. The van der Waals surface area contributed by atoms with E-state index in [0.29, 0.717) is 28.2 Å². The maximum atomic E-state index is 12.6. The van der Waals surface area contributed by atoms with Crippen LogP contribution in [0.1, 0.15) is 0 Å². The van der Waals surface area contributed by atoms with Gasteiger partial charge < -0.3 is 19.7 Å². The van der Waals surface area contributed by atoms with Crippen molar-refractivity contribution in [3.8, 4) is 22.8 Å². The number of piperazine rings is 1. The monoisotopic (exact) mass is 473 g/mol. The summed E-state index contributed by atoms with van der Waals surface area (Å²) in [4.78, 5) is 25.8. The average Bonchev–Trinajstić information content (AvgIpc) is 3.27. The van der Waals surface area contributed by atoms with Gasteiger partial charge in [-0.2, -0.15) is 0 Å². The Kier molecular flexibility index (Phi) is 7.09. The lowest BCUT2D eigenvalue weighted by Gasteiger charge is -2.34. The maximum absolute atomic E-state index is 12.6. The third-order valence-electron chi connectivity index (χ3n) is 5.21. The largest absolute Gasteiger partial charge is 0.497 e. The molecule has 8 nitrogen and oxygen atoms in total. The normalized spacial score (nSPS) is 14.3. The highest BCUT2D eigenvalue weighted by Gasteiger charge is 2.20. The van der Waals surface area contributed by atoms with Gasteiger partial charge in [0, 0.05) is 49.4 Å². The SMILES string of the molecule is COc1ccc(-c2csc(NC(=O)CN3CCN(c4ccc(Cl)cn4)CC3)n2)c(OC)c1. The zero-order chi connectivity index (χ0) is 22.5. The zero-order valence-corrected chi connectivity index (χ0v) is 19.4. The van der Waals surface area contributed by atoms with Gasteiger partial charge in [-0.3, -0.25) is 9.69 Å². The fourth-order valence-electron chi connectivity index (χ4n) is 3.52. The number of hydrogen-bond donors (Lipinski definition) is 1. The van der Waals surface area contributed by atoms with E-state index in [1.165, 1.54) is 11.3 Å². The molecule has 0 radical (unpaired) electrons. The molecule has 1 saturated heterocycles. The average molecular weight is 474 g/mol. The Labute approximate surface area is 195 Å². The Balaban J connectivity index is 1.31. The second-order valence-electron chi connectivity index (χ2n) is 7.25. The Bertz CT molecular complexity index is 1070. The number of rotatable bonds is 7. The molecule has 2 aromatic heterocycles. The van der Waals surface area contributed by atoms with E-state index < -0.39 is 0 Å². The van der Waals surface area contributed by atoms with Gasteiger partial charge in [0.05, 0.1) is 31.5 Å². The minimum atomic E-state index is -0.0781. The van der Waals surface area contributed by atoms with Crippen molar-refractivity contribution in [1.29, 1.82) is 0 Å². The van der Waals surface area contributed by atoms with Crippen molar-refractivity contribution in [2.75, 3.05) is 57.2 Å². The van der Waals surface area contributed by atoms with E-state index in [1.807, 2.05) is 35.7 Å². The zero-order valence-electron chi connectivity index (χ0n) is 17.9. The first-order valence-electron chi connectivity index (χ1n) is 10.1. The van der Waals surface area contributed by atoms with E-state index >= 15 is 0 Å². The second kappa shape index (κ2) is 10.2. The molecule has 168 valence electrons. The number of thiazole rings is 1. The molecule has 3 aromatic rings. The first-order valence-corrected chi connectivity index (χ1v) is 11.4. The van der Waals surface area contributed by atoms with Crippen LogP contribution < -0.4 is 19.7 Å². The molecule has 4 rings (SSSR count). The smallest absolute Gasteiger partial charge is 0.240 e. The number of aromatic nitrogens is 2. The summed E-state index contributed by atoms with van der Waals surface area (Å²) in [7, 11) is 3.22. The Morgan fingerprint density at radius 3 is 2.66 bits per heavy atom. The number of carbonyl (C=O) groups excluding carboxylic acids is 1. The van der Waals surface area contributed by atoms with Crippen LogP contribution in [-0.2, 0) is 4.79 Å². The summed E-state index contributed by atoms with van der Waals surface area (Å²) >= 11 is 7.30. The van der Waals surface area contributed by atoms with Gasteiger partial charge in [0.1, 0.15) is 17.3 Å². The highest BCUT2D eigenvalue weighted by atomic mass is 35.5. The van der Waals surface area contributed by atoms with Crippen LogP contribution in [0, 0.1) is 0 Å². The molecule has 0 bridgehead atoms. The first-order chi connectivity index (χ1) is 15.6. The van der Waals surface area contributed by atoms with Crippen molar-refractivity contribution < 1.29 is 14.3 Å². The number of carbonyl (C=O) groups is 1. The van der Waals surface area contributed by atoms with Crippen molar-refractivity contribution in [1.82, 2.24) is 14.9 Å². The van der Waals surface area contributed by atoms with Crippen LogP contribution in [0.5, 0.6) is 11.5 Å². The molecule has 10 heteroatoms. The lowest BCUT2D eigenvalue weighted by atomic mass is 10.1. The topological polar surface area (TPSA) is 79.8 Å². The quantitative estimate of drug-likeness (QED) is 0.561. The fraction of sp³-hybridized carbons (Fsp3) is 0.318. The molecule has 0 aliphatic carbocycles. The standard InChI is InChI=1S/C22H24ClN5O3S/c1-30-16-4-5-17(19(11-16)31-2)18-14-32-22(25-18)26-21(29)13-27-7-9-28(10-8-27)20-6-3-15(23)12-24-20/h3-6,11-12,14H,7-10,13H2,1-2H3,(H,25,26,29). The van der Waals surface area contributed by atoms with Gasteiger partial charge in [-0.1, -0.05) is 11.6 Å². The van der Waals surface area contributed by atoms with E-state index in [9.17, 15) is 4.79 Å². The summed E-state index contributed by atoms with van der Waals surface area (Å²) in [6.07, 6.45) is 1.65. The lowest BCUT2D eigenvalue weighted by molar-refractivity contribution is -0.117. The number of nitrogens with one attached hydrogen (secondary N) is 1. The summed E-state index contributed by atoms with van der Waals surface area (Å²) in [5.41, 5.74) is 1.59. The third kappa shape index (κ3) is 5.29. The van der Waals surface area contributed by atoms with Crippen LogP contribution in [0.25, 0.3) is 11.3 Å². The number of hydrogen-bond acceptors (Lipinski definition) is 8. The minimum absolute atomic E-state index is 0.0781. The molecule has 3 heterocycles. The van der Waals surface area contributed by atoms with E-state index in [1.54, 1.807) is 20.4 Å². The second-order valence-corrected chi connectivity index (χ2v) is 8.54. The summed E-state index contributed by atoms with van der Waals surface area (Å²) in [5, 5.41) is 6.00. The van der Waals surface area contributed by atoms with Crippen molar-refractivity contribution >= 4 is 39.8 Å². The molecule has 0 spiro atoms. The molecule has 1 fully saturated rings. The van der Waals surface area contributed by atoms with E-state index in [-0.39, 0.29) is 5.91 Å². The van der Waals surface area contributed by atoms with Crippen LogP contribution in [0.4, 0.5) is 10.9 Å². The molecule has 0 saturated carbocycles. The first kappa shape index (κ1) is 22.3. The number of pyridine rings is 1. The number of halogens is 1. The Morgan fingerprint density at radius 1 is 1.16 bits per heavy atom. The van der Waals surface area contributed by atoms with Gasteiger partial charge in [-0.15, -0.1) is 11.3 Å². The molecule has 32 heavy (non-hydrogen) atoms. The predicted octanol–water partition coefficient (Wildman–Crippen LogP) is 3.64. The Morgan fingerprint density at radius 2 is 1.97 bits per heavy atom. The highest BCUT2D eigenvalue weighted by molar-refractivity contribution is 7.14. The molecule has 0 atom stereocenters. The van der Waals surface area contributed by atoms with E-state index in [2.05, 4.69) is 25.1 Å². The highest BCUT2D eigenvalue weighted by Crippen LogP contribution is 2.34. The van der Waals surface area contributed by atoms with Gasteiger partial charge in [-0.05, 0) is 24.3 Å². The van der Waals surface area contributed by atoms with Crippen LogP contribution in [0.2, 0.25) is 5.02 Å². The number of ether oxygens (including phenoxy) is 2. The number of nitrogens with zero attached hydrogens (tertiary/aromatic N) is 4. The number of amides is 1. The van der Waals surface area contributed by atoms with Crippen LogP contribution in [0.15, 0.2) is 41.9 Å². The predicted molar refractivity (Wildman–Crippen MR) is 127 cm³/mol. The maximum Gasteiger partial charge on any atom is 0.240 e. The van der Waals surface area contributed by atoms with Gasteiger partial charge in [0.25, 0.3) is 0 Å². The van der Waals surface area contributed by atoms with E-state index in [0.717, 1.165) is 43.3 Å². The van der Waals surface area contributed by atoms with Gasteiger partial charge >= 0.3 is 0 Å². The number of anilines is 2. The molecular formula is C22H24ClN5O3S. The third-order valence-corrected chi connectivity index (χ3v) is 6.19. The summed E-state index contributed by atoms with van der Waals surface area (Å²) in [6.45, 7) is 3.50. The van der Waals surface area contributed by atoms with Gasteiger partial charge in [0.2, 0.25) is 5.91 Å². The Hall–Kier alpha value is -2.88. The minimum Gasteiger partial charge on any atom is -0.497 e. The summed E-state index contributed by atoms with van der Waals surface area (Å²) < 4.78 is 10.7. The van der Waals surface area contributed by atoms with Crippen molar-refractivity contribution in [3.63, 3.8) is 0 Å². The van der Waals surface area contributed by atoms with Crippen LogP contribution >= 0.6 is 22.9 Å². The van der Waals surface area contributed by atoms with Gasteiger partial charge in [-0.25, -0.2) is 9.97 Å². The molecule has 1 aromatic carbocycles. The fourth-order valence-corrected chi connectivity index (χ4v) is 4.36. The van der Waals surface area contributed by atoms with Crippen molar-refractivity contribution in [2.24, 2.45) is 0 Å². The molecular weight excluding hydrogens is 450 g/mol. The van der Waals surface area contributed by atoms with Gasteiger partial charge in [0.15, 0.2) is 5.13 Å². The van der Waals surface area contributed by atoms with Crippen molar-refractivity contribution in [2.45, 2.75) is 0 Å². The number of methoxy groups -OCH3 is 2.